The molecule has 0 aliphatic carbocycles. The summed E-state index contributed by atoms with van der Waals surface area (Å²) in [4.78, 5) is 25.9. The third-order valence-corrected chi connectivity index (χ3v) is 3.52. The van der Waals surface area contributed by atoms with E-state index in [2.05, 4.69) is 24.9 Å². The van der Waals surface area contributed by atoms with Crippen LogP contribution in [0.15, 0.2) is 73.8 Å². The summed E-state index contributed by atoms with van der Waals surface area (Å²) in [5.74, 6) is 0.636. The first-order valence-corrected chi connectivity index (χ1v) is 7.36. The molecule has 0 spiro atoms. The van der Waals surface area contributed by atoms with Gasteiger partial charge in [-0.1, -0.05) is 0 Å². The molecule has 0 saturated heterocycles. The van der Waals surface area contributed by atoms with Gasteiger partial charge in [0.1, 0.15) is 0 Å². The first kappa shape index (κ1) is 14.1. The number of aromatic nitrogens is 6. The summed E-state index contributed by atoms with van der Waals surface area (Å²) in [6, 6.07) is 7.60. The second-order valence-electron chi connectivity index (χ2n) is 5.02. The van der Waals surface area contributed by atoms with Crippen LogP contribution in [0.2, 0.25) is 0 Å². The molecule has 0 aliphatic rings. The van der Waals surface area contributed by atoms with E-state index in [1.54, 1.807) is 49.6 Å². The lowest BCUT2D eigenvalue weighted by Gasteiger charge is -2.10. The van der Waals surface area contributed by atoms with Crippen LogP contribution in [0.4, 0.5) is 0 Å². The summed E-state index contributed by atoms with van der Waals surface area (Å²) in [5, 5.41) is 0. The van der Waals surface area contributed by atoms with Crippen LogP contribution in [0.5, 0.6) is 0 Å². The van der Waals surface area contributed by atoms with Gasteiger partial charge in [-0.25, -0.2) is 9.97 Å². The summed E-state index contributed by atoms with van der Waals surface area (Å²) >= 11 is 0. The number of pyridine rings is 2. The fraction of sp³-hybridized carbons (Fsp3) is 0. The Balaban J connectivity index is 1.92. The maximum Gasteiger partial charge on any atom is 0.159 e. The van der Waals surface area contributed by atoms with Crippen molar-refractivity contribution in [1.29, 1.82) is 0 Å². The van der Waals surface area contributed by atoms with Gasteiger partial charge in [0.15, 0.2) is 5.82 Å². The van der Waals surface area contributed by atoms with Gasteiger partial charge < -0.3 is 0 Å². The average molecular weight is 312 g/mol. The molecule has 0 aliphatic heterocycles. The molecule has 4 aromatic heterocycles. The van der Waals surface area contributed by atoms with Crippen molar-refractivity contribution in [3.05, 3.63) is 73.8 Å². The standard InChI is InChI=1S/C18H12N6/c1-5-19-6-2-13(1)17-15(16-12-21-9-10-22-16)11-23-18(24-17)14-3-7-20-8-4-14/h1-12H. The van der Waals surface area contributed by atoms with Gasteiger partial charge in [-0.2, -0.15) is 0 Å². The highest BCUT2D eigenvalue weighted by atomic mass is 14.9. The fourth-order valence-electron chi connectivity index (χ4n) is 2.38. The molecule has 0 atom stereocenters. The van der Waals surface area contributed by atoms with E-state index >= 15 is 0 Å². The van der Waals surface area contributed by atoms with E-state index in [1.807, 2.05) is 24.3 Å². The van der Waals surface area contributed by atoms with E-state index in [-0.39, 0.29) is 0 Å². The molecular weight excluding hydrogens is 300 g/mol. The Labute approximate surface area is 138 Å². The van der Waals surface area contributed by atoms with Crippen molar-refractivity contribution in [3.63, 3.8) is 0 Å². The molecule has 0 N–H and O–H groups in total. The molecule has 24 heavy (non-hydrogen) atoms. The Morgan fingerprint density at radius 1 is 0.583 bits per heavy atom. The van der Waals surface area contributed by atoms with Gasteiger partial charge in [0.05, 0.1) is 17.6 Å². The topological polar surface area (TPSA) is 77.3 Å². The average Bonchev–Trinajstić information content (AvgIpc) is 2.69. The zero-order chi connectivity index (χ0) is 16.2. The van der Waals surface area contributed by atoms with Crippen LogP contribution < -0.4 is 0 Å². The van der Waals surface area contributed by atoms with Gasteiger partial charge in [0, 0.05) is 60.1 Å². The van der Waals surface area contributed by atoms with Crippen molar-refractivity contribution in [2.45, 2.75) is 0 Å². The molecule has 0 radical (unpaired) electrons. The molecule has 4 aromatic rings. The third-order valence-electron chi connectivity index (χ3n) is 3.52. The van der Waals surface area contributed by atoms with E-state index in [1.165, 1.54) is 0 Å². The zero-order valence-corrected chi connectivity index (χ0v) is 12.6. The lowest BCUT2D eigenvalue weighted by Crippen LogP contribution is -1.97. The number of rotatable bonds is 3. The van der Waals surface area contributed by atoms with Gasteiger partial charge in [0.2, 0.25) is 0 Å². The van der Waals surface area contributed by atoms with E-state index in [9.17, 15) is 0 Å². The molecule has 4 rings (SSSR count). The van der Waals surface area contributed by atoms with Gasteiger partial charge >= 0.3 is 0 Å². The van der Waals surface area contributed by atoms with Crippen LogP contribution in [-0.2, 0) is 0 Å². The number of hydrogen-bond donors (Lipinski definition) is 0. The molecular formula is C18H12N6. The van der Waals surface area contributed by atoms with Gasteiger partial charge in [-0.05, 0) is 24.3 Å². The van der Waals surface area contributed by atoms with Crippen molar-refractivity contribution in [3.8, 4) is 33.9 Å². The van der Waals surface area contributed by atoms with Crippen LogP contribution in [0.1, 0.15) is 0 Å². The normalized spacial score (nSPS) is 10.5. The smallest absolute Gasteiger partial charge is 0.159 e. The van der Waals surface area contributed by atoms with Crippen molar-refractivity contribution >= 4 is 0 Å². The SMILES string of the molecule is c1cc(-c2ncc(-c3cnccn3)c(-c3ccncc3)n2)ccn1. The van der Waals surface area contributed by atoms with Crippen molar-refractivity contribution < 1.29 is 0 Å². The minimum atomic E-state index is 0.636. The zero-order valence-electron chi connectivity index (χ0n) is 12.6. The Kier molecular flexibility index (Phi) is 3.69. The first-order chi connectivity index (χ1) is 11.9. The summed E-state index contributed by atoms with van der Waals surface area (Å²) in [7, 11) is 0. The van der Waals surface area contributed by atoms with Crippen LogP contribution in [0.25, 0.3) is 33.9 Å². The van der Waals surface area contributed by atoms with Crippen LogP contribution in [0, 0.1) is 0 Å². The lowest BCUT2D eigenvalue weighted by molar-refractivity contribution is 1.14. The molecule has 0 amide bonds. The van der Waals surface area contributed by atoms with E-state index in [0.29, 0.717) is 5.82 Å². The quantitative estimate of drug-likeness (QED) is 0.578. The highest BCUT2D eigenvalue weighted by Gasteiger charge is 2.13. The Bertz CT molecular complexity index is 943. The predicted octanol–water partition coefficient (Wildman–Crippen LogP) is 3.06. The van der Waals surface area contributed by atoms with E-state index < -0.39 is 0 Å². The Hall–Kier alpha value is -3.54. The second kappa shape index (κ2) is 6.29. The van der Waals surface area contributed by atoms with Crippen molar-refractivity contribution in [2.24, 2.45) is 0 Å². The van der Waals surface area contributed by atoms with E-state index in [0.717, 1.165) is 28.1 Å². The molecule has 114 valence electrons. The van der Waals surface area contributed by atoms with Crippen LogP contribution >= 0.6 is 0 Å². The summed E-state index contributed by atoms with van der Waals surface area (Å²) in [6.45, 7) is 0. The summed E-state index contributed by atoms with van der Waals surface area (Å²) in [6.07, 6.45) is 13.7. The molecule has 0 unspecified atom stereocenters. The van der Waals surface area contributed by atoms with Crippen molar-refractivity contribution in [2.75, 3.05) is 0 Å². The van der Waals surface area contributed by atoms with Gasteiger partial charge in [-0.3, -0.25) is 19.9 Å². The Morgan fingerprint density at radius 3 is 1.96 bits per heavy atom. The third kappa shape index (κ3) is 2.72. The highest BCUT2D eigenvalue weighted by Crippen LogP contribution is 2.29. The molecule has 0 aromatic carbocycles. The molecule has 0 saturated carbocycles. The lowest BCUT2D eigenvalue weighted by atomic mass is 10.1. The van der Waals surface area contributed by atoms with Gasteiger partial charge in [0.25, 0.3) is 0 Å². The highest BCUT2D eigenvalue weighted by molar-refractivity contribution is 5.79. The largest absolute Gasteiger partial charge is 0.265 e. The number of hydrogen-bond acceptors (Lipinski definition) is 6. The first-order valence-electron chi connectivity index (χ1n) is 7.36. The monoisotopic (exact) mass is 312 g/mol. The van der Waals surface area contributed by atoms with E-state index in [4.69, 9.17) is 4.98 Å². The summed E-state index contributed by atoms with van der Waals surface area (Å²) < 4.78 is 0. The minimum Gasteiger partial charge on any atom is -0.265 e. The predicted molar refractivity (Wildman–Crippen MR) is 89.5 cm³/mol. The van der Waals surface area contributed by atoms with Crippen LogP contribution in [0.3, 0.4) is 0 Å². The van der Waals surface area contributed by atoms with Crippen LogP contribution in [-0.4, -0.2) is 29.9 Å². The molecule has 4 heterocycles. The fourth-order valence-corrected chi connectivity index (χ4v) is 2.38. The number of nitrogens with zero attached hydrogens (tertiary/aromatic N) is 6. The van der Waals surface area contributed by atoms with Gasteiger partial charge in [-0.15, -0.1) is 0 Å². The molecule has 6 heteroatoms. The maximum absolute atomic E-state index is 4.76. The molecule has 0 fully saturated rings. The Morgan fingerprint density at radius 2 is 1.29 bits per heavy atom. The van der Waals surface area contributed by atoms with Crippen molar-refractivity contribution in [1.82, 2.24) is 29.9 Å². The second-order valence-corrected chi connectivity index (χ2v) is 5.02. The molecule has 6 nitrogen and oxygen atoms in total. The minimum absolute atomic E-state index is 0.636. The molecule has 0 bridgehead atoms. The maximum atomic E-state index is 4.76. The summed E-state index contributed by atoms with van der Waals surface area (Å²) in [5.41, 5.74) is 4.20.